The van der Waals surface area contributed by atoms with E-state index in [1.807, 2.05) is 38.4 Å². The number of nitrogens with zero attached hydrogens (tertiary/aromatic N) is 3. The Bertz CT molecular complexity index is 677. The van der Waals surface area contributed by atoms with Gasteiger partial charge in [-0.05, 0) is 44.9 Å². The second-order valence-corrected chi connectivity index (χ2v) is 5.09. The van der Waals surface area contributed by atoms with Gasteiger partial charge < -0.3 is 5.32 Å². The molecule has 0 spiro atoms. The Labute approximate surface area is 123 Å². The Morgan fingerprint density at radius 1 is 1.33 bits per heavy atom. The summed E-state index contributed by atoms with van der Waals surface area (Å²) in [6.07, 6.45) is 0. The number of benzene rings is 1. The molecule has 6 heteroatoms. The Morgan fingerprint density at radius 3 is 2.57 bits per heavy atom. The number of nitro benzene ring substituents is 1. The lowest BCUT2D eigenvalue weighted by Crippen LogP contribution is -2.06. The molecule has 0 aliphatic heterocycles. The molecule has 0 aliphatic carbocycles. The standard InChI is InChI=1S/C15H20N4O2/c1-5-16-14-8-13(6-7-15(14)19(20)21)9-18-12(4)10(2)11(3)17-18/h6-8,16H,5,9H2,1-4H3. The van der Waals surface area contributed by atoms with Crippen molar-refractivity contribution in [1.82, 2.24) is 9.78 Å². The topological polar surface area (TPSA) is 73.0 Å². The SMILES string of the molecule is CCNc1cc(Cn2nc(C)c(C)c2C)ccc1[N+](=O)[O-]. The van der Waals surface area contributed by atoms with E-state index >= 15 is 0 Å². The van der Waals surface area contributed by atoms with Crippen molar-refractivity contribution in [2.75, 3.05) is 11.9 Å². The molecule has 1 N–H and O–H groups in total. The first-order chi connectivity index (χ1) is 9.93. The van der Waals surface area contributed by atoms with Gasteiger partial charge >= 0.3 is 0 Å². The maximum atomic E-state index is 11.0. The fraction of sp³-hybridized carbons (Fsp3) is 0.400. The zero-order chi connectivity index (χ0) is 15.6. The van der Waals surface area contributed by atoms with Gasteiger partial charge in [-0.25, -0.2) is 0 Å². The van der Waals surface area contributed by atoms with Crippen molar-refractivity contribution in [2.45, 2.75) is 34.2 Å². The maximum absolute atomic E-state index is 11.0. The van der Waals surface area contributed by atoms with Crippen LogP contribution in [0.4, 0.5) is 11.4 Å². The lowest BCUT2D eigenvalue weighted by atomic mass is 10.1. The molecule has 1 heterocycles. The highest BCUT2D eigenvalue weighted by atomic mass is 16.6. The second-order valence-electron chi connectivity index (χ2n) is 5.09. The van der Waals surface area contributed by atoms with Crippen LogP contribution in [0, 0.1) is 30.9 Å². The monoisotopic (exact) mass is 288 g/mol. The fourth-order valence-corrected chi connectivity index (χ4v) is 2.29. The first kappa shape index (κ1) is 15.0. The van der Waals surface area contributed by atoms with E-state index in [1.165, 1.54) is 5.56 Å². The molecule has 0 saturated carbocycles. The lowest BCUT2D eigenvalue weighted by molar-refractivity contribution is -0.384. The molecule has 0 unspecified atom stereocenters. The molecule has 0 atom stereocenters. The van der Waals surface area contributed by atoms with Crippen LogP contribution in [0.5, 0.6) is 0 Å². The van der Waals surface area contributed by atoms with Crippen LogP contribution in [0.15, 0.2) is 18.2 Å². The summed E-state index contributed by atoms with van der Waals surface area (Å²) in [7, 11) is 0. The minimum Gasteiger partial charge on any atom is -0.380 e. The molecule has 2 aromatic rings. The fourth-order valence-electron chi connectivity index (χ4n) is 2.29. The van der Waals surface area contributed by atoms with Crippen molar-refractivity contribution >= 4 is 11.4 Å². The Morgan fingerprint density at radius 2 is 2.05 bits per heavy atom. The van der Waals surface area contributed by atoms with Crippen LogP contribution in [0.3, 0.4) is 0 Å². The average molecular weight is 288 g/mol. The molecule has 0 fully saturated rings. The Hall–Kier alpha value is -2.37. The summed E-state index contributed by atoms with van der Waals surface area (Å²) in [6, 6.07) is 5.16. The number of anilines is 1. The average Bonchev–Trinajstić information content (AvgIpc) is 2.67. The molecule has 0 aliphatic rings. The predicted octanol–water partition coefficient (Wildman–Crippen LogP) is 3.20. The highest BCUT2D eigenvalue weighted by molar-refractivity contribution is 5.62. The zero-order valence-corrected chi connectivity index (χ0v) is 12.8. The lowest BCUT2D eigenvalue weighted by Gasteiger charge is -2.09. The Balaban J connectivity index is 2.34. The van der Waals surface area contributed by atoms with E-state index in [0.717, 1.165) is 17.0 Å². The number of hydrogen-bond acceptors (Lipinski definition) is 4. The molecule has 21 heavy (non-hydrogen) atoms. The third-order valence-electron chi connectivity index (χ3n) is 3.70. The maximum Gasteiger partial charge on any atom is 0.292 e. The summed E-state index contributed by atoms with van der Waals surface area (Å²) < 4.78 is 1.93. The zero-order valence-electron chi connectivity index (χ0n) is 12.8. The minimum absolute atomic E-state index is 0.102. The highest BCUT2D eigenvalue weighted by Crippen LogP contribution is 2.26. The van der Waals surface area contributed by atoms with E-state index in [4.69, 9.17) is 0 Å². The van der Waals surface area contributed by atoms with Crippen LogP contribution in [0.1, 0.15) is 29.4 Å². The van der Waals surface area contributed by atoms with Crippen LogP contribution in [0.2, 0.25) is 0 Å². The van der Waals surface area contributed by atoms with Gasteiger partial charge in [-0.15, -0.1) is 0 Å². The molecule has 0 amide bonds. The molecule has 0 bridgehead atoms. The van der Waals surface area contributed by atoms with Gasteiger partial charge in [0.2, 0.25) is 0 Å². The van der Waals surface area contributed by atoms with E-state index in [-0.39, 0.29) is 10.6 Å². The predicted molar refractivity (Wildman–Crippen MR) is 82.8 cm³/mol. The van der Waals surface area contributed by atoms with Crippen LogP contribution in [-0.2, 0) is 6.54 Å². The Kier molecular flexibility index (Phi) is 4.26. The quantitative estimate of drug-likeness (QED) is 0.677. The summed E-state index contributed by atoms with van der Waals surface area (Å²) in [5.74, 6) is 0. The van der Waals surface area contributed by atoms with Crippen LogP contribution in [0.25, 0.3) is 0 Å². The molecule has 2 rings (SSSR count). The van der Waals surface area contributed by atoms with E-state index in [9.17, 15) is 10.1 Å². The van der Waals surface area contributed by atoms with Gasteiger partial charge in [-0.2, -0.15) is 5.10 Å². The highest BCUT2D eigenvalue weighted by Gasteiger charge is 2.14. The van der Waals surface area contributed by atoms with Crippen molar-refractivity contribution < 1.29 is 4.92 Å². The first-order valence-corrected chi connectivity index (χ1v) is 6.95. The molecule has 112 valence electrons. The summed E-state index contributed by atoms with van der Waals surface area (Å²) in [6.45, 7) is 9.24. The molecule has 1 aromatic heterocycles. The number of rotatable bonds is 5. The third kappa shape index (κ3) is 3.04. The molecule has 1 aromatic carbocycles. The van der Waals surface area contributed by atoms with Crippen LogP contribution >= 0.6 is 0 Å². The first-order valence-electron chi connectivity index (χ1n) is 6.95. The minimum atomic E-state index is -0.366. The largest absolute Gasteiger partial charge is 0.380 e. The van der Waals surface area contributed by atoms with Crippen molar-refractivity contribution in [3.63, 3.8) is 0 Å². The van der Waals surface area contributed by atoms with Crippen LogP contribution in [-0.4, -0.2) is 21.2 Å². The van der Waals surface area contributed by atoms with Gasteiger partial charge in [-0.3, -0.25) is 14.8 Å². The normalized spacial score (nSPS) is 10.7. The van der Waals surface area contributed by atoms with E-state index in [0.29, 0.717) is 18.8 Å². The van der Waals surface area contributed by atoms with E-state index < -0.39 is 0 Å². The van der Waals surface area contributed by atoms with Crippen molar-refractivity contribution in [3.05, 3.63) is 50.8 Å². The molecule has 0 saturated heterocycles. The summed E-state index contributed by atoms with van der Waals surface area (Å²) in [4.78, 5) is 10.7. The summed E-state index contributed by atoms with van der Waals surface area (Å²) >= 11 is 0. The van der Waals surface area contributed by atoms with E-state index in [2.05, 4.69) is 10.4 Å². The number of nitro groups is 1. The van der Waals surface area contributed by atoms with Gasteiger partial charge in [-0.1, -0.05) is 6.07 Å². The number of nitrogens with one attached hydrogen (secondary N) is 1. The third-order valence-corrected chi connectivity index (χ3v) is 3.70. The van der Waals surface area contributed by atoms with Gasteiger partial charge in [0, 0.05) is 18.3 Å². The van der Waals surface area contributed by atoms with Gasteiger partial charge in [0.15, 0.2) is 0 Å². The van der Waals surface area contributed by atoms with E-state index in [1.54, 1.807) is 12.1 Å². The molecular formula is C15H20N4O2. The molecule has 0 radical (unpaired) electrons. The smallest absolute Gasteiger partial charge is 0.292 e. The molecule has 6 nitrogen and oxygen atoms in total. The van der Waals surface area contributed by atoms with Crippen LogP contribution < -0.4 is 5.32 Å². The summed E-state index contributed by atoms with van der Waals surface area (Å²) in [5.41, 5.74) is 4.96. The number of hydrogen-bond donors (Lipinski definition) is 1. The van der Waals surface area contributed by atoms with Crippen molar-refractivity contribution in [1.29, 1.82) is 0 Å². The van der Waals surface area contributed by atoms with Crippen molar-refractivity contribution in [2.24, 2.45) is 0 Å². The molecular weight excluding hydrogens is 268 g/mol. The number of aryl methyl sites for hydroxylation is 1. The van der Waals surface area contributed by atoms with Gasteiger partial charge in [0.25, 0.3) is 5.69 Å². The summed E-state index contributed by atoms with van der Waals surface area (Å²) in [5, 5.41) is 18.6. The second kappa shape index (κ2) is 5.95. The number of aromatic nitrogens is 2. The van der Waals surface area contributed by atoms with Gasteiger partial charge in [0.05, 0.1) is 17.2 Å². The van der Waals surface area contributed by atoms with Crippen molar-refractivity contribution in [3.8, 4) is 0 Å². The van der Waals surface area contributed by atoms with Gasteiger partial charge in [0.1, 0.15) is 5.69 Å².